The highest BCUT2D eigenvalue weighted by atomic mass is 16.1. The van der Waals surface area contributed by atoms with Crippen molar-refractivity contribution in [3.8, 4) is 17.3 Å². The van der Waals surface area contributed by atoms with Gasteiger partial charge < -0.3 is 4.57 Å². The molecule has 170 valence electrons. The van der Waals surface area contributed by atoms with Crippen LogP contribution in [0.5, 0.6) is 0 Å². The topological polar surface area (TPSA) is 98.9 Å². The first-order valence-corrected chi connectivity index (χ1v) is 11.1. The van der Waals surface area contributed by atoms with Gasteiger partial charge in [0.2, 0.25) is 5.95 Å². The first-order chi connectivity index (χ1) is 17.1. The Morgan fingerprint density at radius 2 is 1.89 bits per heavy atom. The van der Waals surface area contributed by atoms with Crippen molar-refractivity contribution in [1.82, 2.24) is 14.5 Å². The van der Waals surface area contributed by atoms with Crippen molar-refractivity contribution in [1.29, 1.82) is 5.26 Å². The number of aryl methyl sites for hydroxylation is 1. The number of hydrogen-bond donors (Lipinski definition) is 2. The van der Waals surface area contributed by atoms with E-state index in [0.29, 0.717) is 11.3 Å². The molecule has 0 aliphatic carbocycles. The zero-order valence-electron chi connectivity index (χ0n) is 19.1. The fourth-order valence-electron chi connectivity index (χ4n) is 3.91. The van der Waals surface area contributed by atoms with Crippen LogP contribution in [0.4, 0.5) is 5.95 Å². The van der Waals surface area contributed by atoms with Crippen molar-refractivity contribution in [2.45, 2.75) is 13.5 Å². The van der Waals surface area contributed by atoms with Crippen molar-refractivity contribution in [3.05, 3.63) is 118 Å². The smallest absolute Gasteiger partial charge is 0.270 e. The molecule has 5 aromatic rings. The van der Waals surface area contributed by atoms with Crippen molar-refractivity contribution in [3.63, 3.8) is 0 Å². The Morgan fingerprint density at radius 1 is 1.09 bits per heavy atom. The molecule has 35 heavy (non-hydrogen) atoms. The van der Waals surface area contributed by atoms with Gasteiger partial charge in [0.15, 0.2) is 0 Å². The van der Waals surface area contributed by atoms with Crippen LogP contribution in [0.25, 0.3) is 22.2 Å². The molecule has 2 heterocycles. The molecule has 0 saturated heterocycles. The largest absolute Gasteiger partial charge is 0.343 e. The average Bonchev–Trinajstić information content (AvgIpc) is 3.27. The molecule has 0 aliphatic heterocycles. The second kappa shape index (κ2) is 9.49. The van der Waals surface area contributed by atoms with Crippen molar-refractivity contribution in [2.75, 3.05) is 5.43 Å². The van der Waals surface area contributed by atoms with Crippen LogP contribution in [0.15, 0.2) is 95.0 Å². The summed E-state index contributed by atoms with van der Waals surface area (Å²) in [4.78, 5) is 19.4. The van der Waals surface area contributed by atoms with E-state index in [1.165, 1.54) is 11.1 Å². The maximum Gasteiger partial charge on any atom is 0.270 e. The molecule has 0 aliphatic rings. The summed E-state index contributed by atoms with van der Waals surface area (Å²) in [7, 11) is 0. The molecule has 7 heteroatoms. The summed E-state index contributed by atoms with van der Waals surface area (Å²) in [6.45, 7) is 2.86. The number of rotatable bonds is 6. The van der Waals surface area contributed by atoms with Crippen LogP contribution in [-0.2, 0) is 6.54 Å². The van der Waals surface area contributed by atoms with Gasteiger partial charge in [-0.1, -0.05) is 72.3 Å². The summed E-state index contributed by atoms with van der Waals surface area (Å²) in [5.74, 6) is 0.160. The normalized spacial score (nSPS) is 11.1. The van der Waals surface area contributed by atoms with E-state index in [2.05, 4.69) is 80.6 Å². The third kappa shape index (κ3) is 4.72. The monoisotopic (exact) mass is 458 g/mol. The van der Waals surface area contributed by atoms with Gasteiger partial charge in [-0.15, -0.1) is 0 Å². The summed E-state index contributed by atoms with van der Waals surface area (Å²) >= 11 is 0. The van der Waals surface area contributed by atoms with E-state index in [1.807, 2.05) is 30.3 Å². The lowest BCUT2D eigenvalue weighted by Crippen LogP contribution is -2.16. The molecule has 7 nitrogen and oxygen atoms in total. The molecule has 0 amide bonds. The second-order valence-electron chi connectivity index (χ2n) is 8.23. The van der Waals surface area contributed by atoms with Crippen LogP contribution >= 0.6 is 0 Å². The molecule has 2 aromatic heterocycles. The van der Waals surface area contributed by atoms with Crippen LogP contribution in [0.3, 0.4) is 0 Å². The molecule has 3 aromatic carbocycles. The maximum atomic E-state index is 12.4. The molecule has 0 bridgehead atoms. The van der Waals surface area contributed by atoms with E-state index < -0.39 is 5.56 Å². The Kier molecular flexibility index (Phi) is 5.93. The number of nitrogens with one attached hydrogen (secondary N) is 2. The fourth-order valence-corrected chi connectivity index (χ4v) is 3.91. The van der Waals surface area contributed by atoms with E-state index in [1.54, 1.807) is 18.3 Å². The third-order valence-electron chi connectivity index (χ3n) is 5.73. The van der Waals surface area contributed by atoms with Gasteiger partial charge in [-0.05, 0) is 35.6 Å². The van der Waals surface area contributed by atoms with E-state index in [4.69, 9.17) is 0 Å². The highest BCUT2D eigenvalue weighted by Crippen LogP contribution is 2.20. The number of hydrazone groups is 1. The molecule has 0 spiro atoms. The van der Waals surface area contributed by atoms with Gasteiger partial charge in [-0.2, -0.15) is 10.4 Å². The minimum Gasteiger partial charge on any atom is -0.343 e. The fraction of sp³-hybridized carbons (Fsp3) is 0.0714. The van der Waals surface area contributed by atoms with Crippen LogP contribution < -0.4 is 11.0 Å². The zero-order valence-corrected chi connectivity index (χ0v) is 19.1. The number of benzene rings is 3. The molecule has 0 atom stereocenters. The lowest BCUT2D eigenvalue weighted by atomic mass is 10.1. The number of aromatic amines is 1. The summed E-state index contributed by atoms with van der Waals surface area (Å²) in [6.07, 6.45) is 3.75. The van der Waals surface area contributed by atoms with Crippen molar-refractivity contribution < 1.29 is 0 Å². The van der Waals surface area contributed by atoms with Gasteiger partial charge in [0.25, 0.3) is 5.56 Å². The number of nitrogens with zero attached hydrogens (tertiary/aromatic N) is 4. The Morgan fingerprint density at radius 3 is 2.66 bits per heavy atom. The Hall–Kier alpha value is -4.96. The Labute approximate surface area is 202 Å². The first-order valence-electron chi connectivity index (χ1n) is 11.1. The molecular weight excluding hydrogens is 436 g/mol. The summed E-state index contributed by atoms with van der Waals surface area (Å²) in [5, 5.41) is 14.8. The SMILES string of the molecule is Cc1ccc(Cn2ccc3ccc(C=NNc4nc(-c5ccccc5)c(C#N)c(=O)[nH]4)cc32)cc1. The van der Waals surface area contributed by atoms with Gasteiger partial charge in [-0.3, -0.25) is 9.78 Å². The van der Waals surface area contributed by atoms with Gasteiger partial charge in [-0.25, -0.2) is 10.4 Å². The molecule has 0 saturated carbocycles. The first kappa shape index (κ1) is 21.9. The van der Waals surface area contributed by atoms with Gasteiger partial charge in [0.1, 0.15) is 11.6 Å². The summed E-state index contributed by atoms with van der Waals surface area (Å²) in [5.41, 5.74) is 7.70. The highest BCUT2D eigenvalue weighted by Gasteiger charge is 2.12. The van der Waals surface area contributed by atoms with Crippen molar-refractivity contribution >= 4 is 23.1 Å². The lowest BCUT2D eigenvalue weighted by Gasteiger charge is -2.07. The minimum atomic E-state index is -0.519. The number of hydrogen-bond acceptors (Lipinski definition) is 5. The third-order valence-corrected chi connectivity index (χ3v) is 5.73. The molecule has 2 N–H and O–H groups in total. The van der Waals surface area contributed by atoms with Gasteiger partial charge >= 0.3 is 0 Å². The number of anilines is 1. The van der Waals surface area contributed by atoms with Crippen molar-refractivity contribution in [2.24, 2.45) is 5.10 Å². The van der Waals surface area contributed by atoms with Crippen LogP contribution in [-0.4, -0.2) is 20.7 Å². The second-order valence-corrected chi connectivity index (χ2v) is 8.23. The Balaban J connectivity index is 1.38. The quantitative estimate of drug-likeness (QED) is 0.274. The molecule has 0 unspecified atom stereocenters. The van der Waals surface area contributed by atoms with E-state index in [9.17, 15) is 10.1 Å². The Bertz CT molecular complexity index is 1620. The molecule has 0 radical (unpaired) electrons. The average molecular weight is 459 g/mol. The molecule has 0 fully saturated rings. The van der Waals surface area contributed by atoms with Crippen LogP contribution in [0.2, 0.25) is 0 Å². The number of aromatic nitrogens is 3. The van der Waals surface area contributed by atoms with Crippen LogP contribution in [0.1, 0.15) is 22.3 Å². The minimum absolute atomic E-state index is 0.0366. The van der Waals surface area contributed by atoms with Crippen LogP contribution in [0, 0.1) is 18.3 Å². The maximum absolute atomic E-state index is 12.4. The number of fused-ring (bicyclic) bond motifs is 1. The summed E-state index contributed by atoms with van der Waals surface area (Å²) < 4.78 is 2.20. The van der Waals surface area contributed by atoms with E-state index in [0.717, 1.165) is 23.0 Å². The summed E-state index contributed by atoms with van der Waals surface area (Å²) in [6, 6.07) is 27.8. The number of nitriles is 1. The predicted octanol–water partition coefficient (Wildman–Crippen LogP) is 5.07. The van der Waals surface area contributed by atoms with E-state index in [-0.39, 0.29) is 11.5 Å². The molecule has 5 rings (SSSR count). The standard InChI is InChI=1S/C28H22N6O/c1-19-7-9-20(10-8-19)18-34-14-13-22-12-11-21(15-25(22)34)17-30-33-28-31-26(23-5-3-2-4-6-23)24(16-29)27(35)32-28/h2-15,17H,18H2,1H3,(H2,31,32,33,35). The van der Waals surface area contributed by atoms with E-state index >= 15 is 0 Å². The lowest BCUT2D eigenvalue weighted by molar-refractivity contribution is 0.836. The zero-order chi connectivity index (χ0) is 24.2. The highest BCUT2D eigenvalue weighted by molar-refractivity contribution is 5.89. The van der Waals surface area contributed by atoms with Gasteiger partial charge in [0, 0.05) is 23.8 Å². The predicted molar refractivity (Wildman–Crippen MR) is 138 cm³/mol. The number of H-pyrrole nitrogens is 1. The van der Waals surface area contributed by atoms with Gasteiger partial charge in [0.05, 0.1) is 11.9 Å². The molecular formula is C28H22N6O.